The SMILES string of the molecule is CCCCCCCCCCCCCCCCCCCCCC/C=C/CC/C=C/CC/C=C/C(O)C(COC1OC(CO)C(OC2OC(CO)C(O)C(O)C2O)C(O)C1O)NC(=O)CCCCCCCCCCCCCCCCCCCCCCCCCCCCCCCCCCCCCCCCC. The number of hydrogen-bond acceptors (Lipinski definition) is 13. The average molecular weight is 1460 g/mol. The van der Waals surface area contributed by atoms with Crippen LogP contribution in [0.4, 0.5) is 0 Å². The summed E-state index contributed by atoms with van der Waals surface area (Å²) in [6.45, 7) is 2.85. The summed E-state index contributed by atoms with van der Waals surface area (Å²) >= 11 is 0. The van der Waals surface area contributed by atoms with Gasteiger partial charge in [0.25, 0.3) is 0 Å². The van der Waals surface area contributed by atoms with Gasteiger partial charge in [0.1, 0.15) is 48.8 Å². The van der Waals surface area contributed by atoms with Crippen LogP contribution in [0.25, 0.3) is 0 Å². The highest BCUT2D eigenvalue weighted by molar-refractivity contribution is 5.76. The van der Waals surface area contributed by atoms with E-state index in [0.717, 1.165) is 44.9 Å². The number of nitrogens with one attached hydrogen (secondary N) is 1. The Bertz CT molecular complexity index is 1870. The van der Waals surface area contributed by atoms with Crippen LogP contribution in [0.5, 0.6) is 0 Å². The van der Waals surface area contributed by atoms with E-state index in [9.17, 15) is 45.6 Å². The smallest absolute Gasteiger partial charge is 0.220 e. The van der Waals surface area contributed by atoms with Gasteiger partial charge >= 0.3 is 0 Å². The third kappa shape index (κ3) is 55.3. The highest BCUT2D eigenvalue weighted by atomic mass is 16.7. The summed E-state index contributed by atoms with van der Waals surface area (Å²) in [5.41, 5.74) is 0. The molecule has 12 unspecified atom stereocenters. The summed E-state index contributed by atoms with van der Waals surface area (Å²) in [5.74, 6) is -0.244. The Labute approximate surface area is 633 Å². The highest BCUT2D eigenvalue weighted by Gasteiger charge is 2.51. The van der Waals surface area contributed by atoms with Gasteiger partial charge in [-0.1, -0.05) is 416 Å². The maximum atomic E-state index is 13.4. The third-order valence-corrected chi connectivity index (χ3v) is 22.1. The Morgan fingerprint density at radius 1 is 0.340 bits per heavy atom. The van der Waals surface area contributed by atoms with Crippen molar-refractivity contribution in [2.45, 2.75) is 505 Å². The van der Waals surface area contributed by atoms with Gasteiger partial charge in [0.2, 0.25) is 5.91 Å². The fraction of sp³-hybridized carbons (Fsp3) is 0.921. The molecule has 14 nitrogen and oxygen atoms in total. The number of allylic oxidation sites excluding steroid dienone is 5. The molecule has 0 saturated carbocycles. The molecule has 2 aliphatic rings. The molecular weight excluding hydrogens is 1290 g/mol. The van der Waals surface area contributed by atoms with Gasteiger partial charge in [0.05, 0.1) is 32.0 Å². The van der Waals surface area contributed by atoms with E-state index in [2.05, 4.69) is 43.5 Å². The van der Waals surface area contributed by atoms with Crippen molar-refractivity contribution in [3.05, 3.63) is 36.5 Å². The molecule has 608 valence electrons. The van der Waals surface area contributed by atoms with E-state index in [1.54, 1.807) is 6.08 Å². The van der Waals surface area contributed by atoms with Crippen LogP contribution in [-0.4, -0.2) is 140 Å². The largest absolute Gasteiger partial charge is 0.394 e. The van der Waals surface area contributed by atoms with Gasteiger partial charge in [-0.05, 0) is 44.9 Å². The number of unbranched alkanes of at least 4 members (excludes halogenated alkanes) is 60. The molecule has 0 radical (unpaired) electrons. The molecule has 2 saturated heterocycles. The fourth-order valence-electron chi connectivity index (χ4n) is 15.0. The predicted octanol–water partition coefficient (Wildman–Crippen LogP) is 21.5. The number of ether oxygens (including phenoxy) is 4. The molecule has 2 rings (SSSR count). The van der Waals surface area contributed by atoms with E-state index in [1.807, 2.05) is 6.08 Å². The maximum Gasteiger partial charge on any atom is 0.220 e. The molecule has 0 aromatic rings. The molecule has 0 aliphatic carbocycles. The standard InChI is InChI=1S/C89H169NO13/c1-3-5-7-9-11-13-15-17-19-21-23-25-27-29-31-33-35-36-37-38-39-40-41-42-43-45-47-49-51-53-55-57-59-61-63-65-67-69-71-73-81(94)90-77(76-100-88-86(99)84(97)87(80(75-92)102-88)103-89-85(98)83(96)82(95)79(74-91)101-89)78(93)72-70-68-66-64-62-60-58-56-54-52-50-48-46-44-34-32-30-28-26-24-22-20-18-16-14-12-10-8-6-4-2/h54,56,62,64,70,72,77-80,82-89,91-93,95-99H,3-53,55,57-61,63,65-69,71,73-76H2,1-2H3,(H,90,94)/b56-54+,64-62+,72-70+. The Kier molecular flexibility index (Phi) is 69.0. The lowest BCUT2D eigenvalue weighted by Gasteiger charge is -2.46. The van der Waals surface area contributed by atoms with E-state index in [-0.39, 0.29) is 18.9 Å². The van der Waals surface area contributed by atoms with Crippen molar-refractivity contribution in [1.82, 2.24) is 5.32 Å². The normalized spacial score (nSPS) is 21.7. The molecule has 0 bridgehead atoms. The molecule has 0 aromatic carbocycles. The number of carbonyl (C=O) groups excluding carboxylic acids is 1. The third-order valence-electron chi connectivity index (χ3n) is 22.1. The molecule has 14 heteroatoms. The minimum Gasteiger partial charge on any atom is -0.394 e. The lowest BCUT2D eigenvalue weighted by Crippen LogP contribution is -2.65. The topological polar surface area (TPSA) is 228 Å². The van der Waals surface area contributed by atoms with Gasteiger partial charge in [0.15, 0.2) is 12.6 Å². The van der Waals surface area contributed by atoms with Gasteiger partial charge in [-0.3, -0.25) is 4.79 Å². The van der Waals surface area contributed by atoms with E-state index in [1.165, 1.54) is 353 Å². The fourth-order valence-corrected chi connectivity index (χ4v) is 15.0. The van der Waals surface area contributed by atoms with Crippen LogP contribution in [-0.2, 0) is 23.7 Å². The molecule has 9 N–H and O–H groups in total. The molecule has 1 amide bonds. The number of hydrogen-bond donors (Lipinski definition) is 9. The zero-order chi connectivity index (χ0) is 74.4. The monoisotopic (exact) mass is 1460 g/mol. The second-order valence-corrected chi connectivity index (χ2v) is 31.7. The molecule has 0 spiro atoms. The average Bonchev–Trinajstić information content (AvgIpc) is 0.791. The molecule has 0 aromatic heterocycles. The summed E-state index contributed by atoms with van der Waals surface area (Å²) < 4.78 is 22.9. The van der Waals surface area contributed by atoms with Crippen molar-refractivity contribution in [1.29, 1.82) is 0 Å². The summed E-state index contributed by atoms with van der Waals surface area (Å²) in [5, 5.41) is 87.8. The van der Waals surface area contributed by atoms with Crippen molar-refractivity contribution in [3.63, 3.8) is 0 Å². The van der Waals surface area contributed by atoms with Crippen molar-refractivity contribution in [3.8, 4) is 0 Å². The number of aliphatic hydroxyl groups excluding tert-OH is 8. The second-order valence-electron chi connectivity index (χ2n) is 31.7. The van der Waals surface area contributed by atoms with E-state index >= 15 is 0 Å². The van der Waals surface area contributed by atoms with Crippen LogP contribution in [0.3, 0.4) is 0 Å². The molecule has 103 heavy (non-hydrogen) atoms. The van der Waals surface area contributed by atoms with Crippen LogP contribution < -0.4 is 5.32 Å². The Morgan fingerprint density at radius 3 is 0.951 bits per heavy atom. The first kappa shape index (κ1) is 97.3. The van der Waals surface area contributed by atoms with E-state index in [0.29, 0.717) is 12.8 Å². The first-order valence-corrected chi connectivity index (χ1v) is 44.7. The summed E-state index contributed by atoms with van der Waals surface area (Å²) in [4.78, 5) is 13.4. The van der Waals surface area contributed by atoms with Gasteiger partial charge in [-0.25, -0.2) is 0 Å². The van der Waals surface area contributed by atoms with Gasteiger partial charge in [-0.15, -0.1) is 0 Å². The maximum absolute atomic E-state index is 13.4. The number of rotatable bonds is 77. The predicted molar refractivity (Wildman–Crippen MR) is 429 cm³/mol. The lowest BCUT2D eigenvalue weighted by molar-refractivity contribution is -0.359. The van der Waals surface area contributed by atoms with E-state index < -0.39 is 86.8 Å². The number of aliphatic hydroxyl groups is 8. The number of amides is 1. The summed E-state index contributed by atoms with van der Waals surface area (Å²) in [6.07, 6.45) is 81.4. The van der Waals surface area contributed by atoms with E-state index in [4.69, 9.17) is 18.9 Å². The second kappa shape index (κ2) is 73.0. The van der Waals surface area contributed by atoms with Crippen molar-refractivity contribution in [2.75, 3.05) is 19.8 Å². The first-order valence-electron chi connectivity index (χ1n) is 44.7. The Hall–Kier alpha value is -1.79. The highest BCUT2D eigenvalue weighted by Crippen LogP contribution is 2.31. The molecule has 2 heterocycles. The lowest BCUT2D eigenvalue weighted by atomic mass is 9.97. The zero-order valence-electron chi connectivity index (χ0n) is 67.1. The van der Waals surface area contributed by atoms with Gasteiger partial charge < -0.3 is 65.1 Å². The molecule has 12 atom stereocenters. The Balaban J connectivity index is 1.57. The molecular formula is C89H169NO13. The molecule has 2 fully saturated rings. The summed E-state index contributed by atoms with van der Waals surface area (Å²) in [6, 6.07) is -0.939. The van der Waals surface area contributed by atoms with Crippen LogP contribution in [0, 0.1) is 0 Å². The first-order chi connectivity index (χ1) is 50.6. The van der Waals surface area contributed by atoms with Crippen LogP contribution >= 0.6 is 0 Å². The Morgan fingerprint density at radius 2 is 0.621 bits per heavy atom. The number of carbonyl (C=O) groups is 1. The van der Waals surface area contributed by atoms with Crippen LogP contribution in [0.1, 0.15) is 431 Å². The quantitative estimate of drug-likeness (QED) is 0.0204. The van der Waals surface area contributed by atoms with Gasteiger partial charge in [0, 0.05) is 6.42 Å². The minimum atomic E-state index is -1.79. The minimum absolute atomic E-state index is 0.244. The zero-order valence-corrected chi connectivity index (χ0v) is 67.1. The summed E-state index contributed by atoms with van der Waals surface area (Å²) in [7, 11) is 0. The molecule has 2 aliphatic heterocycles. The van der Waals surface area contributed by atoms with Gasteiger partial charge in [-0.2, -0.15) is 0 Å². The van der Waals surface area contributed by atoms with Crippen LogP contribution in [0.15, 0.2) is 36.5 Å². The van der Waals surface area contributed by atoms with Crippen molar-refractivity contribution >= 4 is 5.91 Å². The van der Waals surface area contributed by atoms with Crippen LogP contribution in [0.2, 0.25) is 0 Å². The van der Waals surface area contributed by atoms with Crippen molar-refractivity contribution < 1.29 is 64.6 Å². The van der Waals surface area contributed by atoms with Crippen molar-refractivity contribution in [2.24, 2.45) is 0 Å².